The number of anilines is 1. The zero-order valence-electron chi connectivity index (χ0n) is 17.1. The van der Waals surface area contributed by atoms with Gasteiger partial charge < -0.3 is 15.4 Å². The zero-order chi connectivity index (χ0) is 21.7. The van der Waals surface area contributed by atoms with Crippen LogP contribution in [0, 0.1) is 13.8 Å². The highest BCUT2D eigenvalue weighted by molar-refractivity contribution is 5.81. The van der Waals surface area contributed by atoms with Crippen molar-refractivity contribution in [3.8, 4) is 0 Å². The van der Waals surface area contributed by atoms with Crippen molar-refractivity contribution >= 4 is 23.6 Å². The average Bonchev–Trinajstić information content (AvgIpc) is 3.14. The van der Waals surface area contributed by atoms with Gasteiger partial charge >= 0.3 is 5.97 Å². The molecule has 3 N–H and O–H groups in total. The second-order valence-electron chi connectivity index (χ2n) is 6.88. The molecule has 158 valence electrons. The third-order valence-electron chi connectivity index (χ3n) is 4.64. The molecule has 1 amide bonds. The van der Waals surface area contributed by atoms with Crippen LogP contribution in [0.5, 0.6) is 0 Å². The molecule has 0 unspecified atom stereocenters. The fourth-order valence-corrected chi connectivity index (χ4v) is 2.88. The molecule has 0 aliphatic carbocycles. The van der Waals surface area contributed by atoms with Crippen molar-refractivity contribution in [2.75, 3.05) is 19.0 Å². The summed E-state index contributed by atoms with van der Waals surface area (Å²) in [5.74, 6) is -0.212. The Labute approximate surface area is 172 Å². The number of hydrogen-bond acceptors (Lipinski definition) is 7. The number of carbonyl (C=O) groups excluding carboxylic acids is 2. The van der Waals surface area contributed by atoms with E-state index in [1.807, 2.05) is 31.2 Å². The normalized spacial score (nSPS) is 10.8. The first-order valence-corrected chi connectivity index (χ1v) is 9.48. The number of fused-ring (bicyclic) bond motifs is 1. The van der Waals surface area contributed by atoms with E-state index in [2.05, 4.69) is 30.4 Å². The molecule has 2 aromatic heterocycles. The Balaban J connectivity index is 1.69. The second-order valence-corrected chi connectivity index (χ2v) is 6.88. The third-order valence-corrected chi connectivity index (χ3v) is 4.64. The number of ether oxygens (including phenoxy) is 1. The molecule has 1 aromatic carbocycles. The summed E-state index contributed by atoms with van der Waals surface area (Å²) in [4.78, 5) is 44.5. The van der Waals surface area contributed by atoms with Crippen LogP contribution in [0.1, 0.15) is 28.8 Å². The molecule has 0 bridgehead atoms. The van der Waals surface area contributed by atoms with Gasteiger partial charge in [-0.25, -0.2) is 4.98 Å². The van der Waals surface area contributed by atoms with Crippen LogP contribution in [0.2, 0.25) is 0 Å². The topological polar surface area (TPSA) is 130 Å². The van der Waals surface area contributed by atoms with Gasteiger partial charge in [0.15, 0.2) is 0 Å². The number of carbonyl (C=O) groups is 2. The highest BCUT2D eigenvalue weighted by Gasteiger charge is 2.15. The lowest BCUT2D eigenvalue weighted by Crippen LogP contribution is -2.31. The zero-order valence-corrected chi connectivity index (χ0v) is 17.1. The van der Waals surface area contributed by atoms with Crippen LogP contribution in [-0.4, -0.2) is 45.1 Å². The van der Waals surface area contributed by atoms with Crippen LogP contribution in [0.4, 0.5) is 5.95 Å². The van der Waals surface area contributed by atoms with Gasteiger partial charge in [0.2, 0.25) is 11.9 Å². The summed E-state index contributed by atoms with van der Waals surface area (Å²) in [6.45, 7) is 4.07. The maximum atomic E-state index is 12.8. The molecule has 0 fully saturated rings. The van der Waals surface area contributed by atoms with Crippen molar-refractivity contribution in [1.82, 2.24) is 24.9 Å². The smallest absolute Gasteiger partial charge is 0.325 e. The van der Waals surface area contributed by atoms with E-state index in [0.717, 1.165) is 5.56 Å². The summed E-state index contributed by atoms with van der Waals surface area (Å²) in [5, 5.41) is 8.50. The number of esters is 1. The molecule has 10 nitrogen and oxygen atoms in total. The van der Waals surface area contributed by atoms with E-state index in [4.69, 9.17) is 0 Å². The van der Waals surface area contributed by atoms with Gasteiger partial charge in [0.25, 0.3) is 11.3 Å². The molecule has 0 spiro atoms. The Morgan fingerprint density at radius 1 is 1.17 bits per heavy atom. The molecule has 0 aliphatic rings. The number of aromatic nitrogens is 4. The summed E-state index contributed by atoms with van der Waals surface area (Å²) in [6, 6.07) is 8.09. The van der Waals surface area contributed by atoms with Gasteiger partial charge in [-0.3, -0.25) is 19.5 Å². The van der Waals surface area contributed by atoms with Gasteiger partial charge in [-0.15, -0.1) is 0 Å². The quantitative estimate of drug-likeness (QED) is 0.468. The standard InChI is InChI=1S/C20H24N6O4/c1-12-4-6-14(7-5-12)10-22-19-24-20-23-13(2)15(18(29)26(20)25-19)8-9-16(27)21-11-17(28)30-3/h4-7H,8-11H2,1-3H3,(H,21,27)(H2,22,23,24,25). The first-order valence-electron chi connectivity index (χ1n) is 9.48. The fourth-order valence-electron chi connectivity index (χ4n) is 2.88. The Morgan fingerprint density at radius 2 is 1.90 bits per heavy atom. The molecule has 2 heterocycles. The number of amides is 1. The molecule has 0 radical (unpaired) electrons. The summed E-state index contributed by atoms with van der Waals surface area (Å²) in [7, 11) is 1.24. The molecular formula is C20H24N6O4. The number of nitrogens with one attached hydrogen (secondary N) is 3. The molecule has 0 saturated carbocycles. The van der Waals surface area contributed by atoms with Crippen LogP contribution in [0.15, 0.2) is 29.1 Å². The van der Waals surface area contributed by atoms with Crippen LogP contribution in [0.3, 0.4) is 0 Å². The first kappa shape index (κ1) is 21.0. The largest absolute Gasteiger partial charge is 0.468 e. The SMILES string of the molecule is COC(=O)CNC(=O)CCc1c(C)nc2nc(NCc3ccc(C)cc3)[nH]n2c1=O. The predicted octanol–water partition coefficient (Wildman–Crippen LogP) is 0.868. The Morgan fingerprint density at radius 3 is 2.60 bits per heavy atom. The predicted molar refractivity (Wildman–Crippen MR) is 110 cm³/mol. The minimum absolute atomic E-state index is 0.0491. The van der Waals surface area contributed by atoms with Gasteiger partial charge in [-0.05, 0) is 25.8 Å². The van der Waals surface area contributed by atoms with Gasteiger partial charge in [0.1, 0.15) is 6.54 Å². The number of aryl methyl sites for hydroxylation is 2. The summed E-state index contributed by atoms with van der Waals surface area (Å²) in [5.41, 5.74) is 2.87. The molecule has 0 saturated heterocycles. The number of H-pyrrole nitrogens is 1. The number of aromatic amines is 1. The number of hydrogen-bond donors (Lipinski definition) is 3. The van der Waals surface area contributed by atoms with E-state index in [-0.39, 0.29) is 36.6 Å². The molecule has 3 aromatic rings. The Kier molecular flexibility index (Phi) is 6.45. The lowest BCUT2D eigenvalue weighted by Gasteiger charge is -2.06. The lowest BCUT2D eigenvalue weighted by molar-refractivity contribution is -0.141. The summed E-state index contributed by atoms with van der Waals surface area (Å²) in [6.07, 6.45) is 0.242. The monoisotopic (exact) mass is 412 g/mol. The van der Waals surface area contributed by atoms with Crippen molar-refractivity contribution in [2.45, 2.75) is 33.2 Å². The number of methoxy groups -OCH3 is 1. The average molecular weight is 412 g/mol. The van der Waals surface area contributed by atoms with Crippen molar-refractivity contribution in [1.29, 1.82) is 0 Å². The van der Waals surface area contributed by atoms with E-state index in [1.165, 1.54) is 17.2 Å². The summed E-state index contributed by atoms with van der Waals surface area (Å²) >= 11 is 0. The van der Waals surface area contributed by atoms with Gasteiger partial charge in [0.05, 0.1) is 12.8 Å². The highest BCUT2D eigenvalue weighted by Crippen LogP contribution is 2.09. The fraction of sp³-hybridized carbons (Fsp3) is 0.350. The Bertz CT molecular complexity index is 1120. The van der Waals surface area contributed by atoms with Gasteiger partial charge in [-0.1, -0.05) is 29.8 Å². The van der Waals surface area contributed by atoms with Crippen molar-refractivity contribution in [3.63, 3.8) is 0 Å². The molecule has 0 atom stereocenters. The molecule has 3 rings (SSSR count). The van der Waals surface area contributed by atoms with Crippen molar-refractivity contribution in [2.24, 2.45) is 0 Å². The van der Waals surface area contributed by atoms with E-state index in [1.54, 1.807) is 6.92 Å². The maximum Gasteiger partial charge on any atom is 0.325 e. The second kappa shape index (κ2) is 9.21. The Hall–Kier alpha value is -3.69. The van der Waals surface area contributed by atoms with E-state index >= 15 is 0 Å². The van der Waals surface area contributed by atoms with E-state index in [0.29, 0.717) is 23.8 Å². The van der Waals surface area contributed by atoms with E-state index in [9.17, 15) is 14.4 Å². The summed E-state index contributed by atoms with van der Waals surface area (Å²) < 4.78 is 5.73. The molecular weight excluding hydrogens is 388 g/mol. The number of benzene rings is 1. The number of nitrogens with zero attached hydrogens (tertiary/aromatic N) is 3. The minimum Gasteiger partial charge on any atom is -0.468 e. The lowest BCUT2D eigenvalue weighted by atomic mass is 10.1. The van der Waals surface area contributed by atoms with Crippen LogP contribution >= 0.6 is 0 Å². The van der Waals surface area contributed by atoms with Crippen LogP contribution in [0.25, 0.3) is 5.78 Å². The molecule has 30 heavy (non-hydrogen) atoms. The molecule has 0 aliphatic heterocycles. The highest BCUT2D eigenvalue weighted by atomic mass is 16.5. The van der Waals surface area contributed by atoms with Crippen LogP contribution in [-0.2, 0) is 27.3 Å². The maximum absolute atomic E-state index is 12.8. The van der Waals surface area contributed by atoms with Gasteiger partial charge in [-0.2, -0.15) is 9.50 Å². The first-order chi connectivity index (χ1) is 14.4. The number of rotatable bonds is 8. The molecule has 10 heteroatoms. The minimum atomic E-state index is -0.536. The van der Waals surface area contributed by atoms with Gasteiger partial charge in [0, 0.05) is 18.5 Å². The van der Waals surface area contributed by atoms with Crippen LogP contribution < -0.4 is 16.2 Å². The van der Waals surface area contributed by atoms with E-state index < -0.39 is 5.97 Å². The third kappa shape index (κ3) is 5.02. The van der Waals surface area contributed by atoms with Crippen molar-refractivity contribution in [3.05, 3.63) is 57.0 Å². The van der Waals surface area contributed by atoms with Crippen molar-refractivity contribution < 1.29 is 14.3 Å².